The summed E-state index contributed by atoms with van der Waals surface area (Å²) in [4.78, 5) is 15.6. The summed E-state index contributed by atoms with van der Waals surface area (Å²) >= 11 is 0. The largest absolute Gasteiger partial charge is 0.480 e. The molecular weight excluding hydrogens is 216 g/mol. The maximum Gasteiger partial charge on any atom is 0.317 e. The lowest BCUT2D eigenvalue weighted by molar-refractivity contribution is -0.139. The maximum atomic E-state index is 10.9. The molecule has 1 aliphatic carbocycles. The number of nitrogens with zero attached hydrogens (tertiary/aromatic N) is 2. The standard InChI is InChI=1S/C13H24N2O2/c1-9(2)14(8-13(16)17)12-6-10(3)15(7-12)11-4-5-11/h9-12H,4-8H2,1-3H3,(H,16,17). The molecule has 1 aliphatic heterocycles. The van der Waals surface area contributed by atoms with Crippen LogP contribution in [0, 0.1) is 0 Å². The summed E-state index contributed by atoms with van der Waals surface area (Å²) in [7, 11) is 0. The number of hydrogen-bond acceptors (Lipinski definition) is 3. The Morgan fingerprint density at radius 2 is 2.12 bits per heavy atom. The van der Waals surface area contributed by atoms with Crippen LogP contribution in [-0.4, -0.2) is 58.1 Å². The lowest BCUT2D eigenvalue weighted by Crippen LogP contribution is -2.45. The Hall–Kier alpha value is -0.610. The zero-order valence-corrected chi connectivity index (χ0v) is 11.1. The normalized spacial score (nSPS) is 30.4. The highest BCUT2D eigenvalue weighted by Gasteiger charge is 2.41. The van der Waals surface area contributed by atoms with Gasteiger partial charge in [-0.15, -0.1) is 0 Å². The fraction of sp³-hybridized carbons (Fsp3) is 0.923. The Bertz CT molecular complexity index is 289. The van der Waals surface area contributed by atoms with E-state index < -0.39 is 5.97 Å². The zero-order valence-electron chi connectivity index (χ0n) is 11.1. The van der Waals surface area contributed by atoms with Crippen LogP contribution in [0.5, 0.6) is 0 Å². The molecule has 17 heavy (non-hydrogen) atoms. The van der Waals surface area contributed by atoms with Crippen molar-refractivity contribution in [2.45, 2.75) is 64.2 Å². The summed E-state index contributed by atoms with van der Waals surface area (Å²) in [5.74, 6) is -0.712. The number of carboxylic acids is 1. The fourth-order valence-electron chi connectivity index (χ4n) is 3.07. The van der Waals surface area contributed by atoms with E-state index in [4.69, 9.17) is 5.11 Å². The van der Waals surface area contributed by atoms with E-state index in [1.807, 2.05) is 0 Å². The lowest BCUT2D eigenvalue weighted by Gasteiger charge is -2.31. The topological polar surface area (TPSA) is 43.8 Å². The molecule has 0 bridgehead atoms. The molecule has 1 saturated heterocycles. The van der Waals surface area contributed by atoms with Crippen molar-refractivity contribution in [3.05, 3.63) is 0 Å². The van der Waals surface area contributed by atoms with Gasteiger partial charge in [0, 0.05) is 30.7 Å². The van der Waals surface area contributed by atoms with Gasteiger partial charge in [-0.1, -0.05) is 0 Å². The van der Waals surface area contributed by atoms with Crippen LogP contribution in [0.3, 0.4) is 0 Å². The van der Waals surface area contributed by atoms with E-state index >= 15 is 0 Å². The van der Waals surface area contributed by atoms with E-state index in [9.17, 15) is 4.79 Å². The van der Waals surface area contributed by atoms with Crippen molar-refractivity contribution in [1.29, 1.82) is 0 Å². The number of likely N-dealkylation sites (tertiary alicyclic amines) is 1. The number of carboxylic acid groups (broad SMARTS) is 1. The third kappa shape index (κ3) is 2.99. The van der Waals surface area contributed by atoms with Gasteiger partial charge in [0.2, 0.25) is 0 Å². The fourth-order valence-corrected chi connectivity index (χ4v) is 3.07. The predicted octanol–water partition coefficient (Wildman–Crippen LogP) is 1.41. The van der Waals surface area contributed by atoms with Crippen molar-refractivity contribution in [3.8, 4) is 0 Å². The number of carbonyl (C=O) groups is 1. The number of aliphatic carboxylic acids is 1. The quantitative estimate of drug-likeness (QED) is 0.789. The zero-order chi connectivity index (χ0) is 12.6. The van der Waals surface area contributed by atoms with E-state index in [2.05, 4.69) is 30.6 Å². The minimum absolute atomic E-state index is 0.174. The first kappa shape index (κ1) is 12.8. The van der Waals surface area contributed by atoms with Gasteiger partial charge in [-0.05, 0) is 40.0 Å². The molecule has 0 aromatic heterocycles. The van der Waals surface area contributed by atoms with Crippen molar-refractivity contribution in [3.63, 3.8) is 0 Å². The Balaban J connectivity index is 1.97. The van der Waals surface area contributed by atoms with E-state index in [0.717, 1.165) is 19.0 Å². The molecule has 0 amide bonds. The number of rotatable bonds is 5. The van der Waals surface area contributed by atoms with Gasteiger partial charge in [0.15, 0.2) is 0 Å². The third-order valence-electron chi connectivity index (χ3n) is 4.07. The molecule has 0 radical (unpaired) electrons. The van der Waals surface area contributed by atoms with Crippen LogP contribution < -0.4 is 0 Å². The van der Waals surface area contributed by atoms with Crippen molar-refractivity contribution < 1.29 is 9.90 Å². The highest BCUT2D eigenvalue weighted by atomic mass is 16.4. The molecule has 4 heteroatoms. The van der Waals surface area contributed by atoms with E-state index in [1.165, 1.54) is 12.8 Å². The van der Waals surface area contributed by atoms with Crippen LogP contribution in [-0.2, 0) is 4.79 Å². The molecule has 1 saturated carbocycles. The Morgan fingerprint density at radius 3 is 2.59 bits per heavy atom. The van der Waals surface area contributed by atoms with Gasteiger partial charge in [-0.25, -0.2) is 0 Å². The number of hydrogen-bond donors (Lipinski definition) is 1. The summed E-state index contributed by atoms with van der Waals surface area (Å²) in [6, 6.07) is 2.13. The molecule has 2 rings (SSSR count). The molecule has 2 atom stereocenters. The summed E-state index contributed by atoms with van der Waals surface area (Å²) in [5, 5.41) is 8.99. The van der Waals surface area contributed by atoms with Crippen molar-refractivity contribution in [1.82, 2.24) is 9.80 Å². The highest BCUT2D eigenvalue weighted by Crippen LogP contribution is 2.34. The first-order chi connectivity index (χ1) is 7.99. The van der Waals surface area contributed by atoms with Crippen LogP contribution in [0.15, 0.2) is 0 Å². The van der Waals surface area contributed by atoms with Crippen LogP contribution in [0.1, 0.15) is 40.0 Å². The van der Waals surface area contributed by atoms with Gasteiger partial charge in [-0.2, -0.15) is 0 Å². The van der Waals surface area contributed by atoms with E-state index in [-0.39, 0.29) is 6.54 Å². The smallest absolute Gasteiger partial charge is 0.317 e. The second-order valence-corrected chi connectivity index (χ2v) is 5.83. The Morgan fingerprint density at radius 1 is 1.47 bits per heavy atom. The molecule has 2 aliphatic rings. The first-order valence-corrected chi connectivity index (χ1v) is 6.72. The summed E-state index contributed by atoms with van der Waals surface area (Å²) in [5.41, 5.74) is 0. The van der Waals surface area contributed by atoms with Gasteiger partial charge in [-0.3, -0.25) is 14.6 Å². The van der Waals surface area contributed by atoms with Gasteiger partial charge in [0.25, 0.3) is 0 Å². The van der Waals surface area contributed by atoms with Crippen LogP contribution in [0.2, 0.25) is 0 Å². The predicted molar refractivity (Wildman–Crippen MR) is 67.1 cm³/mol. The average Bonchev–Trinajstić information content (AvgIpc) is 2.99. The molecular formula is C13H24N2O2. The SMILES string of the molecule is CC(C)N(CC(=O)O)C1CC(C)N(C2CC2)C1. The Kier molecular flexibility index (Phi) is 3.73. The maximum absolute atomic E-state index is 10.9. The van der Waals surface area contributed by atoms with Crippen LogP contribution >= 0.6 is 0 Å². The molecule has 98 valence electrons. The van der Waals surface area contributed by atoms with Crippen molar-refractivity contribution in [2.24, 2.45) is 0 Å². The van der Waals surface area contributed by atoms with Gasteiger partial charge >= 0.3 is 5.97 Å². The average molecular weight is 240 g/mol. The second-order valence-electron chi connectivity index (χ2n) is 5.83. The molecule has 0 aromatic rings. The summed E-state index contributed by atoms with van der Waals surface area (Å²) < 4.78 is 0. The van der Waals surface area contributed by atoms with Gasteiger partial charge < -0.3 is 5.11 Å². The molecule has 2 unspecified atom stereocenters. The summed E-state index contributed by atoms with van der Waals surface area (Å²) in [6.45, 7) is 7.68. The first-order valence-electron chi connectivity index (χ1n) is 6.72. The minimum atomic E-state index is -0.712. The second kappa shape index (κ2) is 4.94. The minimum Gasteiger partial charge on any atom is -0.480 e. The van der Waals surface area contributed by atoms with Gasteiger partial charge in [0.1, 0.15) is 0 Å². The lowest BCUT2D eigenvalue weighted by atomic mass is 10.1. The van der Waals surface area contributed by atoms with E-state index in [0.29, 0.717) is 18.1 Å². The van der Waals surface area contributed by atoms with Crippen molar-refractivity contribution in [2.75, 3.05) is 13.1 Å². The van der Waals surface area contributed by atoms with Crippen LogP contribution in [0.4, 0.5) is 0 Å². The molecule has 1 N–H and O–H groups in total. The van der Waals surface area contributed by atoms with E-state index in [1.54, 1.807) is 0 Å². The monoisotopic (exact) mass is 240 g/mol. The molecule has 0 aromatic carbocycles. The van der Waals surface area contributed by atoms with Crippen molar-refractivity contribution >= 4 is 5.97 Å². The molecule has 4 nitrogen and oxygen atoms in total. The third-order valence-corrected chi connectivity index (χ3v) is 4.07. The Labute approximate surface area is 104 Å². The highest BCUT2D eigenvalue weighted by molar-refractivity contribution is 5.69. The molecule has 2 fully saturated rings. The van der Waals surface area contributed by atoms with Crippen LogP contribution in [0.25, 0.3) is 0 Å². The summed E-state index contributed by atoms with van der Waals surface area (Å²) in [6.07, 6.45) is 3.78. The molecule has 1 heterocycles. The van der Waals surface area contributed by atoms with Gasteiger partial charge in [0.05, 0.1) is 6.54 Å². The molecule has 0 spiro atoms.